The van der Waals surface area contributed by atoms with E-state index in [0.717, 1.165) is 22.1 Å². The van der Waals surface area contributed by atoms with E-state index in [9.17, 15) is 4.79 Å². The first kappa shape index (κ1) is 15.1. The van der Waals surface area contributed by atoms with Crippen molar-refractivity contribution in [1.82, 2.24) is 5.32 Å². The van der Waals surface area contributed by atoms with E-state index in [1.807, 2.05) is 50.3 Å². The van der Waals surface area contributed by atoms with E-state index in [1.54, 1.807) is 7.11 Å². The summed E-state index contributed by atoms with van der Waals surface area (Å²) in [5.41, 5.74) is 1.10. The van der Waals surface area contributed by atoms with Crippen molar-refractivity contribution in [3.05, 3.63) is 54.1 Å². The number of fused-ring (bicyclic) bond motifs is 1. The molecule has 3 heteroatoms. The number of amides is 1. The predicted molar refractivity (Wildman–Crippen MR) is 86.5 cm³/mol. The van der Waals surface area contributed by atoms with Gasteiger partial charge in [-0.3, -0.25) is 4.79 Å². The number of carbonyl (C=O) groups is 1. The molecule has 0 aromatic heterocycles. The van der Waals surface area contributed by atoms with E-state index in [1.165, 1.54) is 0 Å². The lowest BCUT2D eigenvalue weighted by molar-refractivity contribution is -0.120. The molecule has 0 heterocycles. The van der Waals surface area contributed by atoms with E-state index in [-0.39, 0.29) is 11.9 Å². The van der Waals surface area contributed by atoms with Gasteiger partial charge in [-0.15, -0.1) is 0 Å². The third kappa shape index (κ3) is 3.85. The molecule has 1 amide bonds. The summed E-state index contributed by atoms with van der Waals surface area (Å²) in [4.78, 5) is 11.8. The summed E-state index contributed by atoms with van der Waals surface area (Å²) in [7, 11) is 1.66. The SMILES string of the molecule is C/C=C/CC(=O)NC(C)c1ccc2cc(OC)ccc2c1. The van der Waals surface area contributed by atoms with Crippen molar-refractivity contribution in [2.45, 2.75) is 26.3 Å². The molecule has 2 aromatic carbocycles. The van der Waals surface area contributed by atoms with Crippen molar-refractivity contribution in [2.75, 3.05) is 7.11 Å². The minimum Gasteiger partial charge on any atom is -0.497 e. The standard InChI is InChI=1S/C18H21NO2/c1-4-5-6-18(20)19-13(2)14-7-8-16-12-17(21-3)10-9-15(16)11-14/h4-5,7-13H,6H2,1-3H3,(H,19,20)/b5-4+. The summed E-state index contributed by atoms with van der Waals surface area (Å²) < 4.78 is 5.23. The molecule has 0 aliphatic heterocycles. The zero-order chi connectivity index (χ0) is 15.2. The number of allylic oxidation sites excluding steroid dienone is 1. The van der Waals surface area contributed by atoms with Gasteiger partial charge in [0.1, 0.15) is 5.75 Å². The highest BCUT2D eigenvalue weighted by Crippen LogP contribution is 2.24. The van der Waals surface area contributed by atoms with Crippen molar-refractivity contribution in [3.8, 4) is 5.75 Å². The van der Waals surface area contributed by atoms with Crippen LogP contribution in [0.4, 0.5) is 0 Å². The van der Waals surface area contributed by atoms with Gasteiger partial charge < -0.3 is 10.1 Å². The van der Waals surface area contributed by atoms with Crippen molar-refractivity contribution < 1.29 is 9.53 Å². The van der Waals surface area contributed by atoms with Crippen LogP contribution in [0.25, 0.3) is 10.8 Å². The summed E-state index contributed by atoms with van der Waals surface area (Å²) in [5.74, 6) is 0.887. The number of hydrogen-bond acceptors (Lipinski definition) is 2. The summed E-state index contributed by atoms with van der Waals surface area (Å²) in [6.07, 6.45) is 4.16. The number of rotatable bonds is 5. The Balaban J connectivity index is 2.16. The quantitative estimate of drug-likeness (QED) is 0.843. The molecule has 2 aromatic rings. The second kappa shape index (κ2) is 6.93. The van der Waals surface area contributed by atoms with Gasteiger partial charge in [0.15, 0.2) is 0 Å². The maximum Gasteiger partial charge on any atom is 0.224 e. The average Bonchev–Trinajstić information content (AvgIpc) is 2.51. The number of carbonyl (C=O) groups excluding carboxylic acids is 1. The minimum atomic E-state index is -0.00532. The molecule has 1 N–H and O–H groups in total. The average molecular weight is 283 g/mol. The second-order valence-corrected chi connectivity index (χ2v) is 5.03. The molecule has 3 nitrogen and oxygen atoms in total. The van der Waals surface area contributed by atoms with Crippen LogP contribution in [0.1, 0.15) is 31.9 Å². The largest absolute Gasteiger partial charge is 0.497 e. The van der Waals surface area contributed by atoms with Crippen LogP contribution in [0.5, 0.6) is 5.75 Å². The normalized spacial score (nSPS) is 12.5. The summed E-state index contributed by atoms with van der Waals surface area (Å²) in [6.45, 7) is 3.91. The Morgan fingerprint density at radius 1 is 1.24 bits per heavy atom. The van der Waals surface area contributed by atoms with Crippen LogP contribution < -0.4 is 10.1 Å². The minimum absolute atomic E-state index is 0.00532. The van der Waals surface area contributed by atoms with Crippen LogP contribution in [0.2, 0.25) is 0 Å². The highest BCUT2D eigenvalue weighted by molar-refractivity contribution is 5.85. The molecule has 0 aliphatic rings. The Kier molecular flexibility index (Phi) is 4.99. The van der Waals surface area contributed by atoms with Crippen LogP contribution in [-0.4, -0.2) is 13.0 Å². The molecule has 0 saturated carbocycles. The lowest BCUT2D eigenvalue weighted by atomic mass is 10.0. The zero-order valence-corrected chi connectivity index (χ0v) is 12.7. The van der Waals surface area contributed by atoms with Gasteiger partial charge in [0.25, 0.3) is 0 Å². The van der Waals surface area contributed by atoms with Crippen molar-refractivity contribution >= 4 is 16.7 Å². The molecular weight excluding hydrogens is 262 g/mol. The third-order valence-corrected chi connectivity index (χ3v) is 3.49. The summed E-state index contributed by atoms with van der Waals surface area (Å²) in [5, 5.41) is 5.28. The maximum atomic E-state index is 11.8. The smallest absolute Gasteiger partial charge is 0.224 e. The Bertz CT molecular complexity index is 661. The highest BCUT2D eigenvalue weighted by Gasteiger charge is 2.09. The van der Waals surface area contributed by atoms with Crippen LogP contribution in [0.15, 0.2) is 48.6 Å². The Labute approximate surface area is 125 Å². The monoisotopic (exact) mass is 283 g/mol. The molecule has 0 spiro atoms. The van der Waals surface area contributed by atoms with Crippen LogP contribution >= 0.6 is 0 Å². The van der Waals surface area contributed by atoms with Gasteiger partial charge in [-0.05, 0) is 48.4 Å². The molecule has 110 valence electrons. The van der Waals surface area contributed by atoms with Gasteiger partial charge >= 0.3 is 0 Å². The fraction of sp³-hybridized carbons (Fsp3) is 0.278. The molecule has 0 bridgehead atoms. The number of hydrogen-bond donors (Lipinski definition) is 1. The van der Waals surface area contributed by atoms with Gasteiger partial charge in [0.2, 0.25) is 5.91 Å². The molecule has 21 heavy (non-hydrogen) atoms. The van der Waals surface area contributed by atoms with Gasteiger partial charge in [-0.1, -0.05) is 30.4 Å². The van der Waals surface area contributed by atoms with Crippen LogP contribution in [0.3, 0.4) is 0 Å². The lowest BCUT2D eigenvalue weighted by Crippen LogP contribution is -2.25. The molecule has 1 atom stereocenters. The second-order valence-electron chi connectivity index (χ2n) is 5.03. The van der Waals surface area contributed by atoms with Gasteiger partial charge in [-0.2, -0.15) is 0 Å². The van der Waals surface area contributed by atoms with Crippen molar-refractivity contribution in [3.63, 3.8) is 0 Å². The first-order valence-electron chi connectivity index (χ1n) is 7.12. The molecule has 2 rings (SSSR count). The molecule has 0 saturated heterocycles. The van der Waals surface area contributed by atoms with Crippen molar-refractivity contribution in [1.29, 1.82) is 0 Å². The Hall–Kier alpha value is -2.29. The van der Waals surface area contributed by atoms with Gasteiger partial charge in [-0.25, -0.2) is 0 Å². The molecule has 0 aliphatic carbocycles. The Morgan fingerprint density at radius 2 is 1.95 bits per heavy atom. The first-order valence-corrected chi connectivity index (χ1v) is 7.12. The predicted octanol–water partition coefficient (Wildman–Crippen LogP) is 3.99. The number of benzene rings is 2. The van der Waals surface area contributed by atoms with E-state index >= 15 is 0 Å². The number of methoxy groups -OCH3 is 1. The molecule has 0 fully saturated rings. The fourth-order valence-corrected chi connectivity index (χ4v) is 2.25. The fourth-order valence-electron chi connectivity index (χ4n) is 2.25. The lowest BCUT2D eigenvalue weighted by Gasteiger charge is -2.15. The van der Waals surface area contributed by atoms with E-state index < -0.39 is 0 Å². The highest BCUT2D eigenvalue weighted by atomic mass is 16.5. The van der Waals surface area contributed by atoms with E-state index in [4.69, 9.17) is 4.74 Å². The van der Waals surface area contributed by atoms with Gasteiger partial charge in [0.05, 0.1) is 13.2 Å². The molecular formula is C18H21NO2. The van der Waals surface area contributed by atoms with E-state index in [0.29, 0.717) is 6.42 Å². The first-order chi connectivity index (χ1) is 10.1. The topological polar surface area (TPSA) is 38.3 Å². The van der Waals surface area contributed by atoms with Gasteiger partial charge in [0, 0.05) is 6.42 Å². The van der Waals surface area contributed by atoms with Crippen LogP contribution in [0, 0.1) is 0 Å². The van der Waals surface area contributed by atoms with E-state index in [2.05, 4.69) is 17.4 Å². The zero-order valence-electron chi connectivity index (χ0n) is 12.7. The van der Waals surface area contributed by atoms with Crippen LogP contribution in [-0.2, 0) is 4.79 Å². The van der Waals surface area contributed by atoms with Crippen molar-refractivity contribution in [2.24, 2.45) is 0 Å². The summed E-state index contributed by atoms with van der Waals surface area (Å²) >= 11 is 0. The number of nitrogens with one attached hydrogen (secondary N) is 1. The summed E-state index contributed by atoms with van der Waals surface area (Å²) in [6, 6.07) is 12.2. The third-order valence-electron chi connectivity index (χ3n) is 3.49. The Morgan fingerprint density at radius 3 is 2.67 bits per heavy atom. The maximum absolute atomic E-state index is 11.8. The molecule has 0 radical (unpaired) electrons. The molecule has 1 unspecified atom stereocenters. The number of ether oxygens (including phenoxy) is 1.